The number of aromatic nitrogens is 3. The van der Waals surface area contributed by atoms with E-state index in [4.69, 9.17) is 23.2 Å². The monoisotopic (exact) mass is 301 g/mol. The molecule has 0 atom stereocenters. The highest BCUT2D eigenvalue weighted by Gasteiger charge is 2.06. The zero-order chi connectivity index (χ0) is 13.8. The molecule has 0 amide bonds. The van der Waals surface area contributed by atoms with Crippen LogP contribution in [0, 0.1) is 5.82 Å². The summed E-state index contributed by atoms with van der Waals surface area (Å²) in [6, 6.07) is 4.03. The lowest BCUT2D eigenvalue weighted by Crippen LogP contribution is -2.06. The molecule has 0 aliphatic carbocycles. The maximum absolute atomic E-state index is 13.2. The largest absolute Gasteiger partial charge is 0.354 e. The van der Waals surface area contributed by atoms with Gasteiger partial charge in [-0.05, 0) is 36.7 Å². The molecule has 100 valence electrons. The normalized spacial score (nSPS) is 10.3. The summed E-state index contributed by atoms with van der Waals surface area (Å²) < 4.78 is 13.2. The molecule has 8 heteroatoms. The van der Waals surface area contributed by atoms with Crippen LogP contribution >= 0.6 is 23.2 Å². The number of benzene rings is 1. The summed E-state index contributed by atoms with van der Waals surface area (Å²) >= 11 is 11.5. The number of anilines is 3. The first kappa shape index (κ1) is 13.8. The maximum atomic E-state index is 13.2. The van der Waals surface area contributed by atoms with Crippen molar-refractivity contribution >= 4 is 40.8 Å². The van der Waals surface area contributed by atoms with Crippen LogP contribution in [0.3, 0.4) is 0 Å². The molecule has 0 unspecified atom stereocenters. The molecule has 0 aliphatic heterocycles. The van der Waals surface area contributed by atoms with Crippen molar-refractivity contribution in [1.29, 1.82) is 0 Å². The number of nitrogens with one attached hydrogen (secondary N) is 2. The molecule has 2 N–H and O–H groups in total. The Balaban J connectivity index is 2.27. The van der Waals surface area contributed by atoms with Crippen molar-refractivity contribution in [1.82, 2.24) is 15.0 Å². The van der Waals surface area contributed by atoms with Crippen molar-refractivity contribution in [3.63, 3.8) is 0 Å². The van der Waals surface area contributed by atoms with Crippen molar-refractivity contribution < 1.29 is 4.39 Å². The summed E-state index contributed by atoms with van der Waals surface area (Å²) in [5.74, 6) is 0.0900. The van der Waals surface area contributed by atoms with Crippen molar-refractivity contribution in [2.24, 2.45) is 0 Å². The Morgan fingerprint density at radius 1 is 1.11 bits per heavy atom. The molecule has 0 saturated heterocycles. The first-order valence-electron chi connectivity index (χ1n) is 5.45. The fourth-order valence-electron chi connectivity index (χ4n) is 1.40. The van der Waals surface area contributed by atoms with Gasteiger partial charge in [0.05, 0.1) is 0 Å². The Kier molecular flexibility index (Phi) is 4.34. The fraction of sp³-hybridized carbons (Fsp3) is 0.182. The molecule has 5 nitrogen and oxygen atoms in total. The van der Waals surface area contributed by atoms with Crippen LogP contribution < -0.4 is 10.6 Å². The Morgan fingerprint density at radius 2 is 1.84 bits per heavy atom. The predicted octanol–water partition coefficient (Wildman–Crippen LogP) is 3.49. The highest BCUT2D eigenvalue weighted by atomic mass is 35.5. The van der Waals surface area contributed by atoms with E-state index in [2.05, 4.69) is 25.6 Å². The van der Waals surface area contributed by atoms with Gasteiger partial charge < -0.3 is 10.6 Å². The van der Waals surface area contributed by atoms with E-state index in [-0.39, 0.29) is 16.3 Å². The van der Waals surface area contributed by atoms with E-state index in [0.29, 0.717) is 18.2 Å². The highest BCUT2D eigenvalue weighted by Crippen LogP contribution is 2.21. The Hall–Kier alpha value is -1.66. The number of halogens is 3. The molecule has 0 radical (unpaired) electrons. The van der Waals surface area contributed by atoms with E-state index in [1.165, 1.54) is 12.1 Å². The van der Waals surface area contributed by atoms with Gasteiger partial charge in [-0.1, -0.05) is 11.6 Å². The Morgan fingerprint density at radius 3 is 2.53 bits per heavy atom. The topological polar surface area (TPSA) is 62.7 Å². The lowest BCUT2D eigenvalue weighted by Gasteiger charge is -2.07. The molecule has 1 aromatic carbocycles. The lowest BCUT2D eigenvalue weighted by atomic mass is 10.3. The minimum Gasteiger partial charge on any atom is -0.354 e. The van der Waals surface area contributed by atoms with E-state index >= 15 is 0 Å². The molecule has 0 saturated carbocycles. The molecule has 0 bridgehead atoms. The van der Waals surface area contributed by atoms with Crippen LogP contribution in [-0.4, -0.2) is 21.5 Å². The number of rotatable bonds is 4. The van der Waals surface area contributed by atoms with Gasteiger partial charge in [0.1, 0.15) is 5.82 Å². The second-order valence-electron chi connectivity index (χ2n) is 3.57. The van der Waals surface area contributed by atoms with E-state index in [1.54, 1.807) is 6.07 Å². The van der Waals surface area contributed by atoms with Crippen molar-refractivity contribution in [2.45, 2.75) is 6.92 Å². The van der Waals surface area contributed by atoms with E-state index in [1.807, 2.05) is 6.92 Å². The molecule has 1 heterocycles. The van der Waals surface area contributed by atoms with E-state index in [9.17, 15) is 4.39 Å². The average molecular weight is 302 g/mol. The third kappa shape index (κ3) is 3.90. The van der Waals surface area contributed by atoms with Gasteiger partial charge in [0.25, 0.3) is 0 Å². The Bertz CT molecular complexity index is 573. The SMILES string of the molecule is CCNc1nc(Cl)nc(Nc2cc(F)cc(Cl)c2)n1. The molecule has 19 heavy (non-hydrogen) atoms. The first-order valence-corrected chi connectivity index (χ1v) is 6.21. The number of nitrogens with zero attached hydrogens (tertiary/aromatic N) is 3. The van der Waals surface area contributed by atoms with Gasteiger partial charge in [-0.2, -0.15) is 15.0 Å². The standard InChI is InChI=1S/C11H10Cl2FN5/c1-2-15-10-17-9(13)18-11(19-10)16-8-4-6(12)3-7(14)5-8/h3-5H,2H2,1H3,(H2,15,16,17,18,19). The molecule has 0 fully saturated rings. The van der Waals surface area contributed by atoms with Crippen LogP contribution in [0.1, 0.15) is 6.92 Å². The van der Waals surface area contributed by atoms with Crippen molar-refractivity contribution in [3.05, 3.63) is 34.3 Å². The van der Waals surface area contributed by atoms with Crippen molar-refractivity contribution in [2.75, 3.05) is 17.2 Å². The molecule has 2 aromatic rings. The molecule has 0 aliphatic rings. The summed E-state index contributed by atoms with van der Waals surface area (Å²) in [7, 11) is 0. The zero-order valence-electron chi connectivity index (χ0n) is 9.91. The van der Waals surface area contributed by atoms with Crippen LogP contribution in [0.5, 0.6) is 0 Å². The third-order valence-electron chi connectivity index (χ3n) is 2.06. The molecule has 1 aromatic heterocycles. The van der Waals surface area contributed by atoms with Gasteiger partial charge >= 0.3 is 0 Å². The van der Waals surface area contributed by atoms with Gasteiger partial charge in [-0.3, -0.25) is 0 Å². The second kappa shape index (κ2) is 5.99. The fourth-order valence-corrected chi connectivity index (χ4v) is 1.78. The predicted molar refractivity (Wildman–Crippen MR) is 73.7 cm³/mol. The average Bonchev–Trinajstić information content (AvgIpc) is 2.26. The molecular formula is C11H10Cl2FN5. The molecule has 2 rings (SSSR count). The van der Waals surface area contributed by atoms with Crippen LogP contribution in [-0.2, 0) is 0 Å². The van der Waals surface area contributed by atoms with Crippen LogP contribution in [0.2, 0.25) is 10.3 Å². The van der Waals surface area contributed by atoms with Gasteiger partial charge in [0, 0.05) is 17.3 Å². The number of hydrogen-bond acceptors (Lipinski definition) is 5. The van der Waals surface area contributed by atoms with Gasteiger partial charge in [-0.25, -0.2) is 4.39 Å². The van der Waals surface area contributed by atoms with E-state index < -0.39 is 5.82 Å². The van der Waals surface area contributed by atoms with Crippen LogP contribution in [0.15, 0.2) is 18.2 Å². The highest BCUT2D eigenvalue weighted by molar-refractivity contribution is 6.30. The van der Waals surface area contributed by atoms with Crippen LogP contribution in [0.25, 0.3) is 0 Å². The van der Waals surface area contributed by atoms with Crippen LogP contribution in [0.4, 0.5) is 22.0 Å². The number of hydrogen-bond donors (Lipinski definition) is 2. The maximum Gasteiger partial charge on any atom is 0.233 e. The molecular weight excluding hydrogens is 292 g/mol. The summed E-state index contributed by atoms with van der Waals surface area (Å²) in [4.78, 5) is 11.9. The first-order chi connectivity index (χ1) is 9.06. The quantitative estimate of drug-likeness (QED) is 0.905. The Labute approximate surface area is 119 Å². The van der Waals surface area contributed by atoms with Gasteiger partial charge in [0.2, 0.25) is 17.2 Å². The van der Waals surface area contributed by atoms with Gasteiger partial charge in [0.15, 0.2) is 0 Å². The summed E-state index contributed by atoms with van der Waals surface area (Å²) in [5, 5.41) is 6.04. The van der Waals surface area contributed by atoms with E-state index in [0.717, 1.165) is 0 Å². The summed E-state index contributed by atoms with van der Waals surface area (Å²) in [6.07, 6.45) is 0. The second-order valence-corrected chi connectivity index (χ2v) is 4.34. The lowest BCUT2D eigenvalue weighted by molar-refractivity contribution is 0.628. The zero-order valence-corrected chi connectivity index (χ0v) is 11.4. The van der Waals surface area contributed by atoms with Crippen molar-refractivity contribution in [3.8, 4) is 0 Å². The molecule has 0 spiro atoms. The third-order valence-corrected chi connectivity index (χ3v) is 2.45. The summed E-state index contributed by atoms with van der Waals surface area (Å²) in [5.41, 5.74) is 0.426. The smallest absolute Gasteiger partial charge is 0.233 e. The summed E-state index contributed by atoms with van der Waals surface area (Å²) in [6.45, 7) is 2.54. The van der Waals surface area contributed by atoms with Gasteiger partial charge in [-0.15, -0.1) is 0 Å². The minimum absolute atomic E-state index is 0.0379. The minimum atomic E-state index is -0.456.